The fourth-order valence-corrected chi connectivity index (χ4v) is 3.57. The van der Waals surface area contributed by atoms with Gasteiger partial charge in [0, 0.05) is 31.6 Å². The molecule has 1 aromatic carbocycles. The molecule has 2 aromatic rings. The summed E-state index contributed by atoms with van der Waals surface area (Å²) in [6.45, 7) is 3.73. The van der Waals surface area contributed by atoms with Gasteiger partial charge < -0.3 is 15.1 Å². The molecular weight excluding hydrogens is 479 g/mol. The van der Waals surface area contributed by atoms with Crippen molar-refractivity contribution in [1.82, 2.24) is 15.4 Å². The highest BCUT2D eigenvalue weighted by atomic mass is 32.2. The standard InChI is InChI=1S/C23H31FN4O6S/c1-14(2)21-19(11-10-17(29)12-18(30)13-20(31)34-25-3)22(15-6-8-16(24)9-7-15)27-23(26-21)28(4)35(5,32)33/h6-11,14,17-18,25,29-30H,12-13H2,1-5H3/b11-10+/t17-,18-/m1/s1. The van der Waals surface area contributed by atoms with E-state index in [1.54, 1.807) is 6.08 Å². The summed E-state index contributed by atoms with van der Waals surface area (Å²) >= 11 is 0. The Morgan fingerprint density at radius 3 is 2.40 bits per heavy atom. The van der Waals surface area contributed by atoms with Crippen LogP contribution in [0.2, 0.25) is 0 Å². The summed E-state index contributed by atoms with van der Waals surface area (Å²) in [5, 5.41) is 20.5. The van der Waals surface area contributed by atoms with Crippen LogP contribution in [0.15, 0.2) is 30.3 Å². The first-order chi connectivity index (χ1) is 16.3. The number of hydroxylamine groups is 1. The van der Waals surface area contributed by atoms with E-state index in [4.69, 9.17) is 0 Å². The molecule has 2 atom stereocenters. The lowest BCUT2D eigenvalue weighted by molar-refractivity contribution is -0.152. The highest BCUT2D eigenvalue weighted by Gasteiger charge is 2.22. The van der Waals surface area contributed by atoms with Gasteiger partial charge in [-0.25, -0.2) is 27.1 Å². The summed E-state index contributed by atoms with van der Waals surface area (Å²) < 4.78 is 38.7. The Bertz CT molecular complexity index is 1160. The predicted molar refractivity (Wildman–Crippen MR) is 130 cm³/mol. The van der Waals surface area contributed by atoms with Crippen molar-refractivity contribution in [3.63, 3.8) is 0 Å². The van der Waals surface area contributed by atoms with Gasteiger partial charge in [0.05, 0.1) is 36.3 Å². The lowest BCUT2D eigenvalue weighted by Gasteiger charge is -2.20. The Hall–Kier alpha value is -2.93. The van der Waals surface area contributed by atoms with Crippen molar-refractivity contribution in [1.29, 1.82) is 0 Å². The molecule has 10 nitrogen and oxygen atoms in total. The molecule has 0 saturated heterocycles. The Kier molecular flexibility index (Phi) is 9.83. The lowest BCUT2D eigenvalue weighted by atomic mass is 9.97. The fourth-order valence-electron chi connectivity index (χ4n) is 3.19. The first-order valence-corrected chi connectivity index (χ1v) is 12.7. The number of rotatable bonds is 11. The third kappa shape index (κ3) is 8.06. The largest absolute Gasteiger partial charge is 0.392 e. The summed E-state index contributed by atoms with van der Waals surface area (Å²) in [4.78, 5) is 24.9. The molecule has 0 aliphatic heterocycles. The van der Waals surface area contributed by atoms with Gasteiger partial charge in [-0.3, -0.25) is 4.79 Å². The molecule has 2 rings (SSSR count). The van der Waals surface area contributed by atoms with E-state index in [2.05, 4.69) is 20.3 Å². The van der Waals surface area contributed by atoms with Crippen molar-refractivity contribution in [2.75, 3.05) is 24.7 Å². The van der Waals surface area contributed by atoms with E-state index in [0.29, 0.717) is 22.5 Å². The molecule has 1 heterocycles. The fraction of sp³-hybridized carbons (Fsp3) is 0.435. The topological polar surface area (TPSA) is 142 Å². The molecule has 35 heavy (non-hydrogen) atoms. The molecule has 0 spiro atoms. The molecule has 0 fully saturated rings. The average Bonchev–Trinajstić information content (AvgIpc) is 2.76. The van der Waals surface area contributed by atoms with E-state index < -0.39 is 34.0 Å². The van der Waals surface area contributed by atoms with Crippen molar-refractivity contribution < 1.29 is 32.7 Å². The number of aliphatic hydroxyl groups is 2. The Morgan fingerprint density at radius 2 is 1.86 bits per heavy atom. The van der Waals surface area contributed by atoms with Gasteiger partial charge in [0.25, 0.3) is 0 Å². The van der Waals surface area contributed by atoms with E-state index in [1.165, 1.54) is 44.4 Å². The minimum atomic E-state index is -3.65. The summed E-state index contributed by atoms with van der Waals surface area (Å²) in [6, 6.07) is 5.54. The zero-order valence-corrected chi connectivity index (χ0v) is 21.1. The maximum Gasteiger partial charge on any atom is 0.327 e. The number of nitrogens with one attached hydrogen (secondary N) is 1. The normalized spacial score (nSPS) is 13.7. The SMILES string of the molecule is CNOC(=O)C[C@H](O)C[C@H](O)/C=C/c1c(-c2ccc(F)cc2)nc(N(C)S(C)(=O)=O)nc1C(C)C. The molecule has 0 radical (unpaired) electrons. The van der Waals surface area contributed by atoms with Crippen LogP contribution < -0.4 is 9.79 Å². The average molecular weight is 511 g/mol. The van der Waals surface area contributed by atoms with Crippen LogP contribution in [0.4, 0.5) is 10.3 Å². The Balaban J connectivity index is 2.51. The number of anilines is 1. The predicted octanol–water partition coefficient (Wildman–Crippen LogP) is 1.99. The van der Waals surface area contributed by atoms with Gasteiger partial charge in [-0.1, -0.05) is 26.0 Å². The molecule has 12 heteroatoms. The van der Waals surface area contributed by atoms with Gasteiger partial charge in [0.2, 0.25) is 16.0 Å². The van der Waals surface area contributed by atoms with Gasteiger partial charge in [0.1, 0.15) is 5.82 Å². The molecule has 0 unspecified atom stereocenters. The maximum absolute atomic E-state index is 13.6. The second-order valence-corrected chi connectivity index (χ2v) is 10.3. The van der Waals surface area contributed by atoms with Crippen LogP contribution in [0.1, 0.15) is 43.9 Å². The zero-order valence-electron chi connectivity index (χ0n) is 20.3. The first-order valence-electron chi connectivity index (χ1n) is 10.9. The van der Waals surface area contributed by atoms with Gasteiger partial charge in [0.15, 0.2) is 0 Å². The van der Waals surface area contributed by atoms with Crippen molar-refractivity contribution >= 4 is 28.0 Å². The zero-order chi connectivity index (χ0) is 26.3. The summed E-state index contributed by atoms with van der Waals surface area (Å²) in [6.07, 6.45) is 1.33. The third-order valence-corrected chi connectivity index (χ3v) is 6.18. The molecule has 0 bridgehead atoms. The molecule has 1 aromatic heterocycles. The van der Waals surface area contributed by atoms with Gasteiger partial charge >= 0.3 is 5.97 Å². The molecule has 3 N–H and O–H groups in total. The van der Waals surface area contributed by atoms with Crippen LogP contribution in [-0.2, 0) is 19.7 Å². The number of sulfonamides is 1. The molecule has 192 valence electrons. The van der Waals surface area contributed by atoms with Crippen LogP contribution in [0.25, 0.3) is 17.3 Å². The monoisotopic (exact) mass is 510 g/mol. The first kappa shape index (κ1) is 28.3. The number of carbonyl (C=O) groups is 1. The summed E-state index contributed by atoms with van der Waals surface area (Å²) in [5.41, 5.74) is 4.09. The molecule has 0 saturated carbocycles. The highest BCUT2D eigenvalue weighted by Crippen LogP contribution is 2.31. The number of hydrogen-bond acceptors (Lipinski definition) is 9. The van der Waals surface area contributed by atoms with Gasteiger partial charge in [-0.15, -0.1) is 0 Å². The second-order valence-electron chi connectivity index (χ2n) is 8.26. The van der Waals surface area contributed by atoms with Crippen LogP contribution in [-0.4, -0.2) is 67.1 Å². The number of halogens is 1. The highest BCUT2D eigenvalue weighted by molar-refractivity contribution is 7.92. The summed E-state index contributed by atoms with van der Waals surface area (Å²) in [7, 11) is -0.903. The van der Waals surface area contributed by atoms with Crippen molar-refractivity contribution in [3.8, 4) is 11.3 Å². The Labute approximate surface area is 204 Å². The van der Waals surface area contributed by atoms with Crippen molar-refractivity contribution in [3.05, 3.63) is 47.4 Å². The van der Waals surface area contributed by atoms with Crippen molar-refractivity contribution in [2.45, 2.75) is 44.8 Å². The molecular formula is C23H31FN4O6S. The van der Waals surface area contributed by atoms with Crippen LogP contribution in [0.3, 0.4) is 0 Å². The third-order valence-electron chi connectivity index (χ3n) is 5.02. The molecule has 0 amide bonds. The minimum absolute atomic E-state index is 0.0494. The minimum Gasteiger partial charge on any atom is -0.392 e. The van der Waals surface area contributed by atoms with Gasteiger partial charge in [-0.2, -0.15) is 5.48 Å². The number of aromatic nitrogens is 2. The molecule has 0 aliphatic carbocycles. The smallest absolute Gasteiger partial charge is 0.327 e. The number of nitrogens with zero attached hydrogens (tertiary/aromatic N) is 3. The van der Waals surface area contributed by atoms with E-state index in [0.717, 1.165) is 10.6 Å². The summed E-state index contributed by atoms with van der Waals surface area (Å²) in [5.74, 6) is -1.33. The van der Waals surface area contributed by atoms with Crippen LogP contribution in [0.5, 0.6) is 0 Å². The van der Waals surface area contributed by atoms with Crippen molar-refractivity contribution in [2.24, 2.45) is 0 Å². The maximum atomic E-state index is 13.6. The van der Waals surface area contributed by atoms with Crippen LogP contribution in [0, 0.1) is 5.82 Å². The number of carbonyl (C=O) groups excluding carboxylic acids is 1. The van der Waals surface area contributed by atoms with Crippen LogP contribution >= 0.6 is 0 Å². The van der Waals surface area contributed by atoms with E-state index in [9.17, 15) is 27.8 Å². The van der Waals surface area contributed by atoms with Gasteiger partial charge in [-0.05, 0) is 30.2 Å². The quantitative estimate of drug-likeness (QED) is 0.387. The van der Waals surface area contributed by atoms with E-state index >= 15 is 0 Å². The van der Waals surface area contributed by atoms with E-state index in [-0.39, 0.29) is 24.7 Å². The van der Waals surface area contributed by atoms with E-state index in [1.807, 2.05) is 13.8 Å². The number of aliphatic hydroxyl groups excluding tert-OH is 2. The number of benzene rings is 1. The second kappa shape index (κ2) is 12.2. The lowest BCUT2D eigenvalue weighted by Crippen LogP contribution is -2.27. The Morgan fingerprint density at radius 1 is 1.23 bits per heavy atom. The number of hydrogen-bond donors (Lipinski definition) is 3. The molecule has 0 aliphatic rings.